The maximum absolute atomic E-state index is 4.57. The fraction of sp³-hybridized carbons (Fsp3) is 0.643. The first-order valence-electron chi connectivity index (χ1n) is 6.00. The van der Waals surface area contributed by atoms with Crippen molar-refractivity contribution in [2.24, 2.45) is 10.9 Å². The van der Waals surface area contributed by atoms with Gasteiger partial charge in [-0.25, -0.2) is 0 Å². The Kier molecular flexibility index (Phi) is 4.80. The molecule has 84 valence electrons. The van der Waals surface area contributed by atoms with E-state index in [0.717, 1.165) is 18.0 Å². The number of allylic oxidation sites excluding steroid dienone is 3. The zero-order valence-corrected chi connectivity index (χ0v) is 10.3. The molecule has 0 saturated heterocycles. The van der Waals surface area contributed by atoms with Crippen molar-refractivity contribution in [1.82, 2.24) is 0 Å². The van der Waals surface area contributed by atoms with Crippen LogP contribution < -0.4 is 0 Å². The number of hydrogen-bond acceptors (Lipinski definition) is 1. The third kappa shape index (κ3) is 4.03. The highest BCUT2D eigenvalue weighted by atomic mass is 14.7. The van der Waals surface area contributed by atoms with E-state index in [1.807, 2.05) is 6.92 Å². The lowest BCUT2D eigenvalue weighted by Crippen LogP contribution is -2.07. The summed E-state index contributed by atoms with van der Waals surface area (Å²) in [5.74, 6) is 0.859. The zero-order valence-electron chi connectivity index (χ0n) is 10.3. The van der Waals surface area contributed by atoms with Gasteiger partial charge in [0, 0.05) is 11.4 Å². The van der Waals surface area contributed by atoms with Crippen LogP contribution in [-0.2, 0) is 0 Å². The van der Waals surface area contributed by atoms with Crippen molar-refractivity contribution in [2.75, 3.05) is 0 Å². The summed E-state index contributed by atoms with van der Waals surface area (Å²) in [6, 6.07) is 0. The molecular formula is C14H23N. The van der Waals surface area contributed by atoms with Gasteiger partial charge in [-0.15, -0.1) is 0 Å². The summed E-state index contributed by atoms with van der Waals surface area (Å²) in [6.45, 7) is 10.1. The molecule has 15 heavy (non-hydrogen) atoms. The molecule has 0 heterocycles. The minimum atomic E-state index is 0.859. The normalized spacial score (nSPS) is 19.7. The summed E-state index contributed by atoms with van der Waals surface area (Å²) in [6.07, 6.45) is 8.86. The minimum absolute atomic E-state index is 0.859. The quantitative estimate of drug-likeness (QED) is 0.599. The van der Waals surface area contributed by atoms with Crippen molar-refractivity contribution in [3.8, 4) is 0 Å². The molecule has 1 rings (SSSR count). The van der Waals surface area contributed by atoms with Crippen molar-refractivity contribution in [1.29, 1.82) is 0 Å². The van der Waals surface area contributed by atoms with E-state index in [4.69, 9.17) is 0 Å². The molecule has 0 unspecified atom stereocenters. The molecule has 1 aliphatic rings. The molecule has 1 nitrogen and oxygen atoms in total. The highest BCUT2D eigenvalue weighted by Gasteiger charge is 2.17. The Morgan fingerprint density at radius 2 is 1.93 bits per heavy atom. The van der Waals surface area contributed by atoms with Crippen LogP contribution in [-0.4, -0.2) is 5.71 Å². The van der Waals surface area contributed by atoms with Gasteiger partial charge < -0.3 is 0 Å². The Hall–Kier alpha value is -0.850. The fourth-order valence-electron chi connectivity index (χ4n) is 2.18. The molecule has 0 atom stereocenters. The molecule has 0 aromatic rings. The summed E-state index contributed by atoms with van der Waals surface area (Å²) in [5, 5.41) is 0. The number of aliphatic imine (C=N–C) groups is 1. The molecule has 1 aliphatic carbocycles. The Labute approximate surface area is 94.0 Å². The van der Waals surface area contributed by atoms with Crippen LogP contribution in [0, 0.1) is 5.92 Å². The van der Waals surface area contributed by atoms with Crippen molar-refractivity contribution < 1.29 is 0 Å². The summed E-state index contributed by atoms with van der Waals surface area (Å²) in [7, 11) is 0. The second kappa shape index (κ2) is 5.89. The monoisotopic (exact) mass is 205 g/mol. The maximum atomic E-state index is 4.57. The van der Waals surface area contributed by atoms with Gasteiger partial charge in [-0.3, -0.25) is 4.99 Å². The van der Waals surface area contributed by atoms with E-state index >= 15 is 0 Å². The predicted molar refractivity (Wildman–Crippen MR) is 68.3 cm³/mol. The number of hydrogen-bond donors (Lipinski definition) is 0. The van der Waals surface area contributed by atoms with Gasteiger partial charge in [0.2, 0.25) is 0 Å². The third-order valence-electron chi connectivity index (χ3n) is 3.17. The number of rotatable bonds is 4. The standard InChI is InChI=1S/C14H23N/c1-5-12(4)14(15-11(2)3)10-13-8-6-7-9-13/h5,13H,2,6-10H2,1,3-4H3/b12-5-,15-14?. The van der Waals surface area contributed by atoms with Gasteiger partial charge in [0.1, 0.15) is 0 Å². The van der Waals surface area contributed by atoms with Crippen molar-refractivity contribution in [2.45, 2.75) is 52.9 Å². The van der Waals surface area contributed by atoms with Crippen LogP contribution in [0.5, 0.6) is 0 Å². The highest BCUT2D eigenvalue weighted by molar-refractivity contribution is 6.00. The lowest BCUT2D eigenvalue weighted by molar-refractivity contribution is 0.573. The lowest BCUT2D eigenvalue weighted by atomic mass is 9.96. The first-order valence-corrected chi connectivity index (χ1v) is 6.00. The number of nitrogens with zero attached hydrogens (tertiary/aromatic N) is 1. The molecule has 0 bridgehead atoms. The van der Waals surface area contributed by atoms with Crippen LogP contribution in [0.25, 0.3) is 0 Å². The fourth-order valence-corrected chi connectivity index (χ4v) is 2.18. The van der Waals surface area contributed by atoms with Crippen LogP contribution in [0.1, 0.15) is 52.9 Å². The van der Waals surface area contributed by atoms with Crippen molar-refractivity contribution in [3.05, 3.63) is 23.9 Å². The molecule has 0 radical (unpaired) electrons. The largest absolute Gasteiger partial charge is 0.259 e. The molecule has 0 aromatic heterocycles. The first kappa shape index (κ1) is 12.2. The predicted octanol–water partition coefficient (Wildman–Crippen LogP) is 4.51. The Morgan fingerprint density at radius 1 is 1.33 bits per heavy atom. The van der Waals surface area contributed by atoms with E-state index in [2.05, 4.69) is 31.5 Å². The molecular weight excluding hydrogens is 182 g/mol. The van der Waals surface area contributed by atoms with Gasteiger partial charge in [-0.05, 0) is 38.7 Å². The topological polar surface area (TPSA) is 12.4 Å². The van der Waals surface area contributed by atoms with Gasteiger partial charge in [0.25, 0.3) is 0 Å². The van der Waals surface area contributed by atoms with Gasteiger partial charge in [-0.2, -0.15) is 0 Å². The highest BCUT2D eigenvalue weighted by Crippen LogP contribution is 2.29. The van der Waals surface area contributed by atoms with E-state index in [1.54, 1.807) is 0 Å². The van der Waals surface area contributed by atoms with Gasteiger partial charge in [0.05, 0.1) is 0 Å². The molecule has 0 spiro atoms. The van der Waals surface area contributed by atoms with E-state index in [9.17, 15) is 0 Å². The van der Waals surface area contributed by atoms with E-state index in [0.29, 0.717) is 0 Å². The smallest absolute Gasteiger partial charge is 0.0435 e. The molecule has 0 N–H and O–H groups in total. The minimum Gasteiger partial charge on any atom is -0.259 e. The average molecular weight is 205 g/mol. The van der Waals surface area contributed by atoms with Crippen molar-refractivity contribution in [3.63, 3.8) is 0 Å². The maximum Gasteiger partial charge on any atom is 0.0435 e. The first-order chi connectivity index (χ1) is 7.13. The molecule has 0 aromatic carbocycles. The van der Waals surface area contributed by atoms with Crippen LogP contribution in [0.4, 0.5) is 0 Å². The van der Waals surface area contributed by atoms with Crippen LogP contribution in [0.15, 0.2) is 28.9 Å². The van der Waals surface area contributed by atoms with E-state index in [-0.39, 0.29) is 0 Å². The zero-order chi connectivity index (χ0) is 11.3. The molecule has 1 heteroatoms. The van der Waals surface area contributed by atoms with E-state index < -0.39 is 0 Å². The third-order valence-corrected chi connectivity index (χ3v) is 3.17. The summed E-state index contributed by atoms with van der Waals surface area (Å²) in [4.78, 5) is 4.57. The molecule has 0 amide bonds. The Balaban J connectivity index is 2.68. The Morgan fingerprint density at radius 3 is 2.40 bits per heavy atom. The lowest BCUT2D eigenvalue weighted by Gasteiger charge is -2.12. The van der Waals surface area contributed by atoms with Crippen LogP contribution in [0.2, 0.25) is 0 Å². The average Bonchev–Trinajstić information content (AvgIpc) is 2.67. The SMILES string of the molecule is C=C(C)N=C(CC1CCCC1)/C(C)=C\C. The molecule has 1 saturated carbocycles. The molecule has 1 fully saturated rings. The van der Waals surface area contributed by atoms with Crippen molar-refractivity contribution >= 4 is 5.71 Å². The van der Waals surface area contributed by atoms with Gasteiger partial charge >= 0.3 is 0 Å². The van der Waals surface area contributed by atoms with E-state index in [1.165, 1.54) is 37.0 Å². The summed E-state index contributed by atoms with van der Waals surface area (Å²) < 4.78 is 0. The summed E-state index contributed by atoms with van der Waals surface area (Å²) in [5.41, 5.74) is 3.48. The van der Waals surface area contributed by atoms with Gasteiger partial charge in [0.15, 0.2) is 0 Å². The molecule has 0 aliphatic heterocycles. The van der Waals surface area contributed by atoms with Gasteiger partial charge in [-0.1, -0.05) is 38.3 Å². The van der Waals surface area contributed by atoms with Crippen LogP contribution in [0.3, 0.4) is 0 Å². The second-order valence-corrected chi connectivity index (χ2v) is 4.62. The Bertz CT molecular complexity index is 278. The summed E-state index contributed by atoms with van der Waals surface area (Å²) >= 11 is 0. The van der Waals surface area contributed by atoms with Crippen LogP contribution >= 0.6 is 0 Å². The second-order valence-electron chi connectivity index (χ2n) is 4.62.